The van der Waals surface area contributed by atoms with E-state index in [1.807, 2.05) is 13.8 Å². The molecule has 4 N–H and O–H groups in total. The lowest BCUT2D eigenvalue weighted by molar-refractivity contribution is -0.154. The van der Waals surface area contributed by atoms with Gasteiger partial charge in [-0.2, -0.15) is 0 Å². The number of amides is 4. The standard InChI is InChI=1S/C40H63FN4O9/c1-26(2)35(44-34(48)15-18-52-19-16-39(3,4)5)33(47)21-29(10-9-17-43-37(42)50)32(46)20-27-11-13-28(14-12-27)24-54-38(51)45-23-30(41)22-31(45)25-53-36(49)40(6,7)8/h11-14,26,29-31,35H,9-10,15-25H2,1-8H3,(H,44,48)(H3,42,43,50)/t29-,30+,31+,35+/m1/s1. The maximum Gasteiger partial charge on any atom is 0.410 e. The fourth-order valence-corrected chi connectivity index (χ4v) is 5.77. The van der Waals surface area contributed by atoms with Gasteiger partial charge in [0, 0.05) is 44.8 Å². The third-order valence-electron chi connectivity index (χ3n) is 9.11. The van der Waals surface area contributed by atoms with Gasteiger partial charge in [0.1, 0.15) is 25.2 Å². The average molecular weight is 763 g/mol. The van der Waals surface area contributed by atoms with Gasteiger partial charge in [-0.1, -0.05) is 58.9 Å². The fraction of sp³-hybridized carbons (Fsp3) is 0.700. The van der Waals surface area contributed by atoms with Gasteiger partial charge in [0.25, 0.3) is 0 Å². The summed E-state index contributed by atoms with van der Waals surface area (Å²) < 4.78 is 30.6. The number of ketones is 2. The molecule has 304 valence electrons. The molecule has 54 heavy (non-hydrogen) atoms. The van der Waals surface area contributed by atoms with E-state index < -0.39 is 47.7 Å². The summed E-state index contributed by atoms with van der Waals surface area (Å²) in [7, 11) is 0. The SMILES string of the molecule is CC(C)[C@H](NC(=O)CCOCCC(C)(C)C)C(=O)C[C@@H](CCCNC(N)=O)C(=O)Cc1ccc(COC(=O)N2C[C@@H](F)C[C@H]2COC(=O)C(C)(C)C)cc1. The van der Waals surface area contributed by atoms with Gasteiger partial charge in [0.2, 0.25) is 5.91 Å². The highest BCUT2D eigenvalue weighted by Gasteiger charge is 2.38. The number of primary amides is 1. The molecule has 0 aliphatic carbocycles. The maximum atomic E-state index is 14.2. The monoisotopic (exact) mass is 762 g/mol. The van der Waals surface area contributed by atoms with E-state index in [4.69, 9.17) is 19.9 Å². The van der Waals surface area contributed by atoms with Gasteiger partial charge in [0.15, 0.2) is 5.78 Å². The number of halogens is 1. The van der Waals surface area contributed by atoms with Crippen LogP contribution in [0.3, 0.4) is 0 Å². The number of carbonyl (C=O) groups is 6. The van der Waals surface area contributed by atoms with Crippen LogP contribution in [0.4, 0.5) is 14.0 Å². The molecule has 1 aliphatic heterocycles. The molecule has 1 heterocycles. The topological polar surface area (TPSA) is 183 Å². The first-order valence-electron chi connectivity index (χ1n) is 18.9. The Morgan fingerprint density at radius 3 is 2.19 bits per heavy atom. The summed E-state index contributed by atoms with van der Waals surface area (Å²) >= 11 is 0. The Morgan fingerprint density at radius 2 is 1.59 bits per heavy atom. The second kappa shape index (κ2) is 21.7. The molecule has 0 radical (unpaired) electrons. The number of hydrogen-bond donors (Lipinski definition) is 3. The van der Waals surface area contributed by atoms with Gasteiger partial charge in [0.05, 0.1) is 30.7 Å². The number of ether oxygens (including phenoxy) is 3. The minimum absolute atomic E-state index is 0.0342. The zero-order chi connectivity index (χ0) is 40.6. The Labute approximate surface area is 320 Å². The lowest BCUT2D eigenvalue weighted by atomic mass is 9.85. The number of rotatable bonds is 21. The molecule has 1 aromatic carbocycles. The third kappa shape index (κ3) is 17.4. The van der Waals surface area contributed by atoms with E-state index >= 15 is 0 Å². The molecule has 14 heteroatoms. The van der Waals surface area contributed by atoms with Gasteiger partial charge in [-0.05, 0) is 62.5 Å². The van der Waals surface area contributed by atoms with Crippen LogP contribution >= 0.6 is 0 Å². The van der Waals surface area contributed by atoms with Crippen LogP contribution in [0.1, 0.15) is 105 Å². The molecule has 4 atom stereocenters. The molecule has 0 saturated carbocycles. The van der Waals surface area contributed by atoms with E-state index in [2.05, 4.69) is 31.4 Å². The molecule has 0 aromatic heterocycles. The number of esters is 1. The van der Waals surface area contributed by atoms with Crippen LogP contribution < -0.4 is 16.4 Å². The van der Waals surface area contributed by atoms with Gasteiger partial charge in [-0.15, -0.1) is 0 Å². The van der Waals surface area contributed by atoms with E-state index in [0.717, 1.165) is 6.42 Å². The van der Waals surface area contributed by atoms with Crippen molar-refractivity contribution in [2.45, 2.75) is 125 Å². The van der Waals surface area contributed by atoms with Crippen LogP contribution in [-0.2, 0) is 46.4 Å². The number of nitrogens with zero attached hydrogens (tertiary/aromatic N) is 1. The molecule has 0 spiro atoms. The Morgan fingerprint density at radius 1 is 0.944 bits per heavy atom. The molecule has 0 unspecified atom stereocenters. The van der Waals surface area contributed by atoms with Crippen LogP contribution in [0.25, 0.3) is 0 Å². The molecule has 0 bridgehead atoms. The Balaban J connectivity index is 1.99. The summed E-state index contributed by atoms with van der Waals surface area (Å²) in [5, 5.41) is 5.34. The number of urea groups is 1. The minimum Gasteiger partial charge on any atom is -0.463 e. The van der Waals surface area contributed by atoms with Gasteiger partial charge in [-0.3, -0.25) is 24.1 Å². The van der Waals surface area contributed by atoms with E-state index in [1.165, 1.54) is 4.90 Å². The number of hydrogen-bond acceptors (Lipinski definition) is 9. The molecule has 2 rings (SSSR count). The number of carbonyl (C=O) groups excluding carboxylic acids is 6. The first-order valence-corrected chi connectivity index (χ1v) is 18.9. The van der Waals surface area contributed by atoms with Crippen molar-refractivity contribution in [2.75, 3.05) is 32.9 Å². The minimum atomic E-state index is -1.25. The molecule has 13 nitrogen and oxygen atoms in total. The van der Waals surface area contributed by atoms with E-state index in [1.54, 1.807) is 45.0 Å². The third-order valence-corrected chi connectivity index (χ3v) is 9.11. The number of alkyl halides is 1. The molecule has 4 amide bonds. The second-order valence-corrected chi connectivity index (χ2v) is 16.8. The summed E-state index contributed by atoms with van der Waals surface area (Å²) in [6, 6.07) is 4.81. The van der Waals surface area contributed by atoms with Gasteiger partial charge >= 0.3 is 18.1 Å². The molecule has 1 aromatic rings. The summed E-state index contributed by atoms with van der Waals surface area (Å²) in [5.41, 5.74) is 5.91. The quantitative estimate of drug-likeness (QED) is 0.108. The first kappa shape index (κ1) is 46.1. The molecule has 1 saturated heterocycles. The smallest absolute Gasteiger partial charge is 0.410 e. The normalized spacial score (nSPS) is 17.1. The summed E-state index contributed by atoms with van der Waals surface area (Å²) in [6.07, 6.45) is -0.263. The van der Waals surface area contributed by atoms with Crippen LogP contribution in [0.15, 0.2) is 24.3 Å². The lowest BCUT2D eigenvalue weighted by Crippen LogP contribution is -2.45. The summed E-state index contributed by atoms with van der Waals surface area (Å²) in [4.78, 5) is 77.3. The van der Waals surface area contributed by atoms with Crippen molar-refractivity contribution in [2.24, 2.45) is 28.4 Å². The van der Waals surface area contributed by atoms with Crippen molar-refractivity contribution in [3.63, 3.8) is 0 Å². The zero-order valence-corrected chi connectivity index (χ0v) is 33.5. The lowest BCUT2D eigenvalue weighted by Gasteiger charge is -2.25. The van der Waals surface area contributed by atoms with Crippen molar-refractivity contribution in [3.8, 4) is 0 Å². The number of nitrogens with one attached hydrogen (secondary N) is 2. The molecular weight excluding hydrogens is 699 g/mol. The molecule has 1 aliphatic rings. The van der Waals surface area contributed by atoms with Crippen LogP contribution in [0, 0.1) is 22.7 Å². The van der Waals surface area contributed by atoms with Crippen molar-refractivity contribution in [3.05, 3.63) is 35.4 Å². The summed E-state index contributed by atoms with van der Waals surface area (Å²) in [5.74, 6) is -2.04. The highest BCUT2D eigenvalue weighted by atomic mass is 19.1. The number of benzene rings is 1. The van der Waals surface area contributed by atoms with Crippen molar-refractivity contribution >= 4 is 35.6 Å². The predicted octanol–water partition coefficient (Wildman–Crippen LogP) is 5.44. The Bertz CT molecular complexity index is 1410. The Hall–Kier alpha value is -4.07. The largest absolute Gasteiger partial charge is 0.463 e. The Kier molecular flexibility index (Phi) is 18.5. The number of Topliss-reactive ketones (excluding diaryl/α,β-unsaturated/α-hetero) is 2. The van der Waals surface area contributed by atoms with Crippen molar-refractivity contribution in [1.82, 2.24) is 15.5 Å². The van der Waals surface area contributed by atoms with Crippen molar-refractivity contribution < 1.29 is 47.4 Å². The van der Waals surface area contributed by atoms with Crippen LogP contribution in [0.5, 0.6) is 0 Å². The predicted molar refractivity (Wildman–Crippen MR) is 202 cm³/mol. The fourth-order valence-electron chi connectivity index (χ4n) is 5.77. The van der Waals surface area contributed by atoms with Crippen LogP contribution in [0.2, 0.25) is 0 Å². The first-order chi connectivity index (χ1) is 25.2. The van der Waals surface area contributed by atoms with E-state index in [0.29, 0.717) is 30.6 Å². The summed E-state index contributed by atoms with van der Waals surface area (Å²) in [6.45, 7) is 15.8. The van der Waals surface area contributed by atoms with Crippen molar-refractivity contribution in [1.29, 1.82) is 0 Å². The van der Waals surface area contributed by atoms with Crippen LogP contribution in [-0.4, -0.2) is 91.6 Å². The van der Waals surface area contributed by atoms with Gasteiger partial charge < -0.3 is 30.6 Å². The highest BCUT2D eigenvalue weighted by molar-refractivity contribution is 5.93. The van der Waals surface area contributed by atoms with E-state index in [9.17, 15) is 33.2 Å². The number of nitrogens with two attached hydrogens (primary N) is 1. The van der Waals surface area contributed by atoms with E-state index in [-0.39, 0.29) is 87.4 Å². The molecular formula is C40H63FN4O9. The number of likely N-dealkylation sites (tertiary alicyclic amines) is 1. The highest BCUT2D eigenvalue weighted by Crippen LogP contribution is 2.25. The zero-order valence-electron chi connectivity index (χ0n) is 33.5. The maximum absolute atomic E-state index is 14.2. The van der Waals surface area contributed by atoms with Gasteiger partial charge in [-0.25, -0.2) is 14.0 Å². The second-order valence-electron chi connectivity index (χ2n) is 16.8. The molecule has 1 fully saturated rings. The average Bonchev–Trinajstić information content (AvgIpc) is 3.45.